The Morgan fingerprint density at radius 3 is 2.83 bits per heavy atom. The topological polar surface area (TPSA) is 41.1 Å². The highest BCUT2D eigenvalue weighted by Crippen LogP contribution is 2.27. The minimum absolute atomic E-state index is 0.850. The second-order valence-corrected chi connectivity index (χ2v) is 4.44. The van der Waals surface area contributed by atoms with Gasteiger partial charge in [0, 0.05) is 37.8 Å². The van der Waals surface area contributed by atoms with Gasteiger partial charge in [0.15, 0.2) is 0 Å². The normalized spacial score (nSPS) is 14.1. The molecule has 2 heterocycles. The molecular formula is C14H16N4. The van der Waals surface area contributed by atoms with Crippen LogP contribution >= 0.6 is 0 Å². The van der Waals surface area contributed by atoms with E-state index in [0.717, 1.165) is 31.0 Å². The van der Waals surface area contributed by atoms with E-state index in [1.54, 1.807) is 6.33 Å². The monoisotopic (exact) mass is 240 g/mol. The lowest BCUT2D eigenvalue weighted by Crippen LogP contribution is -2.27. The zero-order chi connectivity index (χ0) is 12.4. The molecule has 0 spiro atoms. The van der Waals surface area contributed by atoms with E-state index in [1.807, 2.05) is 25.2 Å². The highest BCUT2D eigenvalue weighted by Gasteiger charge is 2.18. The van der Waals surface area contributed by atoms with Crippen molar-refractivity contribution in [3.8, 4) is 0 Å². The summed E-state index contributed by atoms with van der Waals surface area (Å²) in [5.41, 5.74) is 3.53. The zero-order valence-corrected chi connectivity index (χ0v) is 10.4. The van der Waals surface area contributed by atoms with Crippen LogP contribution in [0.5, 0.6) is 0 Å². The number of fused-ring (bicyclic) bond motifs is 1. The van der Waals surface area contributed by atoms with E-state index in [-0.39, 0.29) is 0 Å². The second kappa shape index (κ2) is 4.74. The molecule has 0 fully saturated rings. The van der Waals surface area contributed by atoms with Gasteiger partial charge in [0.1, 0.15) is 12.1 Å². The van der Waals surface area contributed by atoms with Crippen molar-refractivity contribution in [2.24, 2.45) is 0 Å². The predicted octanol–water partition coefficient (Wildman–Crippen LogP) is 1.89. The van der Waals surface area contributed by atoms with Gasteiger partial charge in [-0.25, -0.2) is 9.97 Å². The molecule has 0 saturated heterocycles. The Kier molecular flexibility index (Phi) is 2.94. The van der Waals surface area contributed by atoms with E-state index in [1.165, 1.54) is 11.3 Å². The van der Waals surface area contributed by atoms with E-state index in [4.69, 9.17) is 0 Å². The fraction of sp³-hybridized carbons (Fsp3) is 0.286. The number of nitrogens with zero attached hydrogens (tertiary/aromatic N) is 3. The van der Waals surface area contributed by atoms with Gasteiger partial charge >= 0.3 is 0 Å². The summed E-state index contributed by atoms with van der Waals surface area (Å²) in [5, 5.41) is 3.38. The number of benzene rings is 1. The lowest BCUT2D eigenvalue weighted by Gasteiger charge is -2.25. The Morgan fingerprint density at radius 2 is 2.00 bits per heavy atom. The first-order valence-corrected chi connectivity index (χ1v) is 6.18. The van der Waals surface area contributed by atoms with Crippen molar-refractivity contribution in [3.63, 3.8) is 0 Å². The van der Waals surface area contributed by atoms with Gasteiger partial charge in [-0.05, 0) is 12.1 Å². The molecule has 0 bridgehead atoms. The molecule has 1 aromatic heterocycles. The Balaban J connectivity index is 2.02. The summed E-state index contributed by atoms with van der Waals surface area (Å²) in [5.74, 6) is 0.999. The molecule has 92 valence electrons. The van der Waals surface area contributed by atoms with Crippen LogP contribution < -0.4 is 10.2 Å². The number of para-hydroxylation sites is 1. The number of hydrogen-bond donors (Lipinski definition) is 1. The maximum Gasteiger partial charge on any atom is 0.140 e. The molecular weight excluding hydrogens is 224 g/mol. The maximum absolute atomic E-state index is 4.44. The fourth-order valence-corrected chi connectivity index (χ4v) is 2.32. The molecule has 4 nitrogen and oxygen atoms in total. The number of aromatic nitrogens is 2. The van der Waals surface area contributed by atoms with Gasteiger partial charge in [-0.2, -0.15) is 0 Å². The second-order valence-electron chi connectivity index (χ2n) is 4.44. The van der Waals surface area contributed by atoms with Crippen LogP contribution in [0.3, 0.4) is 0 Å². The molecule has 1 aliphatic heterocycles. The van der Waals surface area contributed by atoms with Crippen molar-refractivity contribution in [2.75, 3.05) is 18.5 Å². The first-order valence-electron chi connectivity index (χ1n) is 6.18. The first-order chi connectivity index (χ1) is 8.86. The van der Waals surface area contributed by atoms with Crippen molar-refractivity contribution >= 4 is 11.5 Å². The van der Waals surface area contributed by atoms with Gasteiger partial charge in [-0.1, -0.05) is 18.2 Å². The van der Waals surface area contributed by atoms with Crippen LogP contribution in [0.1, 0.15) is 11.3 Å². The third-order valence-corrected chi connectivity index (χ3v) is 3.31. The van der Waals surface area contributed by atoms with Crippen LogP contribution in [-0.2, 0) is 13.0 Å². The first kappa shape index (κ1) is 11.2. The summed E-state index contributed by atoms with van der Waals surface area (Å²) in [4.78, 5) is 10.9. The molecule has 3 rings (SSSR count). The zero-order valence-electron chi connectivity index (χ0n) is 10.4. The van der Waals surface area contributed by atoms with Gasteiger partial charge in [-0.15, -0.1) is 0 Å². The van der Waals surface area contributed by atoms with Crippen molar-refractivity contribution in [1.82, 2.24) is 15.3 Å². The molecule has 4 heteroatoms. The Hall–Kier alpha value is -1.94. The van der Waals surface area contributed by atoms with Crippen LogP contribution in [0.4, 0.5) is 11.5 Å². The number of rotatable bonds is 2. The minimum Gasteiger partial charge on any atom is -0.329 e. The van der Waals surface area contributed by atoms with Gasteiger partial charge in [0.2, 0.25) is 0 Å². The summed E-state index contributed by atoms with van der Waals surface area (Å²) in [6, 6.07) is 10.3. The quantitative estimate of drug-likeness (QED) is 0.870. The highest BCUT2D eigenvalue weighted by molar-refractivity contribution is 5.62. The molecule has 0 unspecified atom stereocenters. The molecule has 1 N–H and O–H groups in total. The van der Waals surface area contributed by atoms with E-state index in [2.05, 4.69) is 32.3 Å². The average Bonchev–Trinajstić information content (AvgIpc) is 2.47. The molecule has 0 saturated carbocycles. The standard InChI is InChI=1S/C14H16N4/c1-18(11-5-3-2-4-6-11)14-12-9-15-8-7-13(12)16-10-17-14/h2-6,10,15H,7-9H2,1H3. The van der Waals surface area contributed by atoms with Crippen LogP contribution in [0.25, 0.3) is 0 Å². The summed E-state index contributed by atoms with van der Waals surface area (Å²) in [6.45, 7) is 1.85. The van der Waals surface area contributed by atoms with Gasteiger partial charge in [-0.3, -0.25) is 0 Å². The van der Waals surface area contributed by atoms with Crippen LogP contribution in [0.15, 0.2) is 36.7 Å². The van der Waals surface area contributed by atoms with E-state index in [0.29, 0.717) is 0 Å². The van der Waals surface area contributed by atoms with E-state index in [9.17, 15) is 0 Å². The molecule has 18 heavy (non-hydrogen) atoms. The van der Waals surface area contributed by atoms with Gasteiger partial charge in [0.25, 0.3) is 0 Å². The van der Waals surface area contributed by atoms with Crippen molar-refractivity contribution in [1.29, 1.82) is 0 Å². The van der Waals surface area contributed by atoms with Crippen molar-refractivity contribution in [3.05, 3.63) is 47.9 Å². The van der Waals surface area contributed by atoms with E-state index >= 15 is 0 Å². The van der Waals surface area contributed by atoms with Gasteiger partial charge in [0.05, 0.1) is 5.69 Å². The molecule has 1 aliphatic rings. The minimum atomic E-state index is 0.850. The van der Waals surface area contributed by atoms with Crippen LogP contribution in [-0.4, -0.2) is 23.6 Å². The summed E-state index contributed by atoms with van der Waals surface area (Å²) >= 11 is 0. The molecule has 2 aromatic rings. The van der Waals surface area contributed by atoms with Crippen LogP contribution in [0.2, 0.25) is 0 Å². The maximum atomic E-state index is 4.44. The lowest BCUT2D eigenvalue weighted by molar-refractivity contribution is 0.625. The van der Waals surface area contributed by atoms with E-state index < -0.39 is 0 Å². The predicted molar refractivity (Wildman–Crippen MR) is 71.9 cm³/mol. The molecule has 0 radical (unpaired) electrons. The van der Waals surface area contributed by atoms with Crippen molar-refractivity contribution < 1.29 is 0 Å². The Bertz CT molecular complexity index is 539. The number of nitrogens with one attached hydrogen (secondary N) is 1. The molecule has 1 aromatic carbocycles. The van der Waals surface area contributed by atoms with Gasteiger partial charge < -0.3 is 10.2 Å². The van der Waals surface area contributed by atoms with Crippen molar-refractivity contribution in [2.45, 2.75) is 13.0 Å². The average molecular weight is 240 g/mol. The SMILES string of the molecule is CN(c1ccccc1)c1ncnc2c1CNCC2. The Morgan fingerprint density at radius 1 is 1.17 bits per heavy atom. The largest absolute Gasteiger partial charge is 0.329 e. The molecule has 0 aliphatic carbocycles. The smallest absolute Gasteiger partial charge is 0.140 e. The summed E-state index contributed by atoms with van der Waals surface area (Å²) in [7, 11) is 2.05. The third-order valence-electron chi connectivity index (χ3n) is 3.31. The summed E-state index contributed by atoms with van der Waals surface area (Å²) in [6.07, 6.45) is 2.65. The number of hydrogen-bond acceptors (Lipinski definition) is 4. The third kappa shape index (κ3) is 1.95. The highest BCUT2D eigenvalue weighted by atomic mass is 15.2. The number of anilines is 2. The lowest BCUT2D eigenvalue weighted by atomic mass is 10.1. The summed E-state index contributed by atoms with van der Waals surface area (Å²) < 4.78 is 0. The molecule has 0 amide bonds. The molecule has 0 atom stereocenters. The Labute approximate surface area is 107 Å². The fourth-order valence-electron chi connectivity index (χ4n) is 2.32. The van der Waals surface area contributed by atoms with Crippen LogP contribution in [0, 0.1) is 0 Å².